The average Bonchev–Trinajstić information content (AvgIpc) is 3.19. The fourth-order valence-corrected chi connectivity index (χ4v) is 9.53. The van der Waals surface area contributed by atoms with Crippen molar-refractivity contribution in [1.29, 1.82) is 0 Å². The third kappa shape index (κ3) is 7.90. The molecule has 1 unspecified atom stereocenters. The maximum Gasteiger partial charge on any atom is 0.216 e. The molecule has 0 aliphatic carbocycles. The second-order valence-corrected chi connectivity index (χ2v) is 15.9. The molecule has 52 heavy (non-hydrogen) atoms. The van der Waals surface area contributed by atoms with E-state index < -0.39 is 0 Å². The molecule has 5 aromatic rings. The monoisotopic (exact) mass is 731 g/mol. The highest BCUT2D eigenvalue weighted by atomic mass is 32.2. The number of hydrogen-bond donors (Lipinski definition) is 1. The summed E-state index contributed by atoms with van der Waals surface area (Å²) in [4.78, 5) is 19.7. The lowest BCUT2D eigenvalue weighted by Crippen LogP contribution is -2.36. The zero-order valence-corrected chi connectivity index (χ0v) is 31.6. The number of nitrogens with zero attached hydrogens (tertiary/aromatic N) is 4. The molecule has 0 spiro atoms. The third-order valence-electron chi connectivity index (χ3n) is 10.1. The van der Waals surface area contributed by atoms with Crippen LogP contribution in [0.25, 0.3) is 11.3 Å². The Morgan fingerprint density at radius 2 is 1.71 bits per heavy atom. The first-order chi connectivity index (χ1) is 25.5. The molecule has 1 atom stereocenters. The SMILES string of the molecule is COc1ccc(COc2cc(N3CCOCC3)cc(-c3cccc4c3Sc3ccc(NC(c5ccc(C)cn5)C5CCN(C)CC5)cc3S4)n2)cc1. The summed E-state index contributed by atoms with van der Waals surface area (Å²) in [6, 6.07) is 30.2. The molecule has 5 heterocycles. The molecule has 268 valence electrons. The number of aromatic nitrogens is 2. The zero-order valence-electron chi connectivity index (χ0n) is 30.0. The van der Waals surface area contributed by atoms with Crippen molar-refractivity contribution < 1.29 is 14.2 Å². The number of benzene rings is 3. The van der Waals surface area contributed by atoms with E-state index >= 15 is 0 Å². The number of methoxy groups -OCH3 is 1. The predicted octanol–water partition coefficient (Wildman–Crippen LogP) is 8.99. The molecule has 3 aliphatic heterocycles. The van der Waals surface area contributed by atoms with Crippen LogP contribution in [-0.4, -0.2) is 68.4 Å². The van der Waals surface area contributed by atoms with Crippen LogP contribution in [0.1, 0.15) is 35.7 Å². The topological polar surface area (TPSA) is 72.0 Å². The standard InChI is InChI=1S/C42H45N5O3S2/c1-28-7-13-35(43-26-28)41(30-15-17-46(2)18-16-30)44-31-10-14-37-39(23-31)51-38-6-4-5-34(42(38)52-37)36-24-32(47-19-21-49-22-20-47)25-40(45-36)50-27-29-8-11-33(48-3)12-9-29/h4-14,23-26,30,41,44H,15-22,27H2,1-3H3. The Labute approximate surface area is 315 Å². The van der Waals surface area contributed by atoms with Gasteiger partial charge in [0.15, 0.2) is 0 Å². The van der Waals surface area contributed by atoms with Gasteiger partial charge in [-0.2, -0.15) is 0 Å². The number of pyridine rings is 2. The summed E-state index contributed by atoms with van der Waals surface area (Å²) in [5, 5.41) is 3.94. The Morgan fingerprint density at radius 3 is 2.48 bits per heavy atom. The summed E-state index contributed by atoms with van der Waals surface area (Å²) < 4.78 is 17.4. The second-order valence-electron chi connectivity index (χ2n) is 13.8. The Balaban J connectivity index is 1.06. The van der Waals surface area contributed by atoms with Gasteiger partial charge in [0.25, 0.3) is 0 Å². The van der Waals surface area contributed by atoms with Crippen LogP contribution in [0, 0.1) is 12.8 Å². The van der Waals surface area contributed by atoms with Crippen LogP contribution in [0.2, 0.25) is 0 Å². The number of morpholine rings is 1. The minimum absolute atomic E-state index is 0.165. The summed E-state index contributed by atoms with van der Waals surface area (Å²) in [6.45, 7) is 7.84. The maximum absolute atomic E-state index is 6.36. The molecule has 0 saturated carbocycles. The molecule has 8 nitrogen and oxygen atoms in total. The van der Waals surface area contributed by atoms with Gasteiger partial charge in [0.05, 0.1) is 37.8 Å². The highest BCUT2D eigenvalue weighted by Crippen LogP contribution is 2.52. The van der Waals surface area contributed by atoms with Crippen LogP contribution >= 0.6 is 23.5 Å². The van der Waals surface area contributed by atoms with Gasteiger partial charge in [-0.15, -0.1) is 0 Å². The fourth-order valence-electron chi connectivity index (χ4n) is 7.12. The maximum atomic E-state index is 6.36. The van der Waals surface area contributed by atoms with Gasteiger partial charge >= 0.3 is 0 Å². The largest absolute Gasteiger partial charge is 0.497 e. The summed E-state index contributed by atoms with van der Waals surface area (Å²) in [6.07, 6.45) is 4.31. The number of ether oxygens (including phenoxy) is 3. The highest BCUT2D eigenvalue weighted by Gasteiger charge is 2.29. The van der Waals surface area contributed by atoms with Crippen LogP contribution in [0.5, 0.6) is 11.6 Å². The molecule has 0 bridgehead atoms. The second kappa shape index (κ2) is 15.8. The summed E-state index contributed by atoms with van der Waals surface area (Å²) in [5.74, 6) is 1.96. The fraction of sp³-hybridized carbons (Fsp3) is 0.333. The van der Waals surface area contributed by atoms with E-state index in [4.69, 9.17) is 24.2 Å². The first-order valence-electron chi connectivity index (χ1n) is 18.1. The quantitative estimate of drug-likeness (QED) is 0.148. The lowest BCUT2D eigenvalue weighted by Gasteiger charge is -2.35. The predicted molar refractivity (Wildman–Crippen MR) is 210 cm³/mol. The number of fused-ring (bicyclic) bond motifs is 2. The van der Waals surface area contributed by atoms with E-state index in [1.165, 1.54) is 25.1 Å². The van der Waals surface area contributed by atoms with E-state index in [0.29, 0.717) is 31.6 Å². The van der Waals surface area contributed by atoms with Crippen LogP contribution in [0.3, 0.4) is 0 Å². The van der Waals surface area contributed by atoms with Crippen molar-refractivity contribution in [2.75, 3.05) is 63.8 Å². The average molecular weight is 732 g/mol. The smallest absolute Gasteiger partial charge is 0.216 e. The van der Waals surface area contributed by atoms with Crippen LogP contribution in [0.15, 0.2) is 111 Å². The van der Waals surface area contributed by atoms with Gasteiger partial charge in [-0.3, -0.25) is 4.98 Å². The molecule has 10 heteroatoms. The van der Waals surface area contributed by atoms with Crippen LogP contribution in [-0.2, 0) is 11.3 Å². The number of nitrogens with one attached hydrogen (secondary N) is 1. The van der Waals surface area contributed by atoms with E-state index in [0.717, 1.165) is 78.7 Å². The van der Waals surface area contributed by atoms with E-state index in [2.05, 4.69) is 89.8 Å². The first kappa shape index (κ1) is 34.8. The van der Waals surface area contributed by atoms with Gasteiger partial charge < -0.3 is 29.3 Å². The van der Waals surface area contributed by atoms with Crippen molar-refractivity contribution in [3.63, 3.8) is 0 Å². The van der Waals surface area contributed by atoms with Gasteiger partial charge in [-0.25, -0.2) is 4.98 Å². The number of aryl methyl sites for hydroxylation is 1. The normalized spacial score (nSPS) is 16.9. The minimum Gasteiger partial charge on any atom is -0.497 e. The molecule has 2 fully saturated rings. The third-order valence-corrected chi connectivity index (χ3v) is 12.7. The van der Waals surface area contributed by atoms with E-state index in [1.807, 2.05) is 54.0 Å². The lowest BCUT2D eigenvalue weighted by molar-refractivity contribution is 0.122. The van der Waals surface area contributed by atoms with E-state index in [1.54, 1.807) is 7.11 Å². The van der Waals surface area contributed by atoms with Crippen molar-refractivity contribution in [2.45, 2.75) is 52.0 Å². The van der Waals surface area contributed by atoms with Crippen molar-refractivity contribution in [2.24, 2.45) is 5.92 Å². The van der Waals surface area contributed by atoms with Gasteiger partial charge in [0.1, 0.15) is 12.4 Å². The highest BCUT2D eigenvalue weighted by molar-refractivity contribution is 8.05. The lowest BCUT2D eigenvalue weighted by atomic mass is 9.87. The van der Waals surface area contributed by atoms with Crippen molar-refractivity contribution >= 4 is 34.9 Å². The molecule has 0 radical (unpaired) electrons. The number of rotatable bonds is 10. The van der Waals surface area contributed by atoms with Crippen LogP contribution < -0.4 is 19.7 Å². The van der Waals surface area contributed by atoms with Gasteiger partial charge in [-0.05, 0) is 105 Å². The minimum atomic E-state index is 0.165. The Morgan fingerprint density at radius 1 is 0.885 bits per heavy atom. The Hall–Kier alpha value is -4.22. The molecule has 1 N–H and O–H groups in total. The molecular weight excluding hydrogens is 687 g/mol. The number of anilines is 2. The van der Waals surface area contributed by atoms with Gasteiger partial charge in [0, 0.05) is 61.9 Å². The van der Waals surface area contributed by atoms with E-state index in [9.17, 15) is 0 Å². The van der Waals surface area contributed by atoms with E-state index in [-0.39, 0.29) is 6.04 Å². The molecule has 0 amide bonds. The molecule has 2 aromatic heterocycles. The molecular formula is C42H45N5O3S2. The molecule has 3 aliphatic rings. The zero-order chi connectivity index (χ0) is 35.4. The first-order valence-corrected chi connectivity index (χ1v) is 19.7. The summed E-state index contributed by atoms with van der Waals surface area (Å²) in [7, 11) is 3.90. The summed E-state index contributed by atoms with van der Waals surface area (Å²) in [5.41, 5.74) is 7.62. The molecule has 2 saturated heterocycles. The summed E-state index contributed by atoms with van der Waals surface area (Å²) >= 11 is 3.66. The number of hydrogen-bond acceptors (Lipinski definition) is 10. The van der Waals surface area contributed by atoms with Gasteiger partial charge in [-0.1, -0.05) is 53.9 Å². The number of likely N-dealkylation sites (tertiary alicyclic amines) is 1. The number of piperidine rings is 1. The van der Waals surface area contributed by atoms with Crippen molar-refractivity contribution in [1.82, 2.24) is 14.9 Å². The van der Waals surface area contributed by atoms with Gasteiger partial charge in [0.2, 0.25) is 5.88 Å². The molecule has 8 rings (SSSR count). The Kier molecular flexibility index (Phi) is 10.6. The molecule has 3 aromatic carbocycles. The van der Waals surface area contributed by atoms with Crippen molar-refractivity contribution in [3.05, 3.63) is 108 Å². The Bertz CT molecular complexity index is 2000. The van der Waals surface area contributed by atoms with Crippen LogP contribution in [0.4, 0.5) is 11.4 Å². The van der Waals surface area contributed by atoms with Crippen molar-refractivity contribution in [3.8, 4) is 22.9 Å².